The number of benzene rings is 1. The van der Waals surface area contributed by atoms with E-state index in [1.54, 1.807) is 11.8 Å². The molecule has 142 valence electrons. The number of likely N-dealkylation sites (tertiary alicyclic amines) is 1. The maximum absolute atomic E-state index is 12.4. The van der Waals surface area contributed by atoms with Crippen molar-refractivity contribution in [2.45, 2.75) is 50.9 Å². The highest BCUT2D eigenvalue weighted by molar-refractivity contribution is 7.98. The van der Waals surface area contributed by atoms with Crippen molar-refractivity contribution in [2.75, 3.05) is 19.3 Å². The van der Waals surface area contributed by atoms with Crippen LogP contribution in [-0.4, -0.2) is 45.5 Å². The fraction of sp³-hybridized carbons (Fsp3) is 0.579. The summed E-state index contributed by atoms with van der Waals surface area (Å²) in [4.78, 5) is 19.0. The van der Waals surface area contributed by atoms with Gasteiger partial charge in [0.05, 0.1) is 11.0 Å². The fourth-order valence-electron chi connectivity index (χ4n) is 3.52. The van der Waals surface area contributed by atoms with Crippen molar-refractivity contribution in [2.24, 2.45) is 5.92 Å². The molecule has 1 aliphatic rings. The van der Waals surface area contributed by atoms with Crippen LogP contribution in [0.4, 0.5) is 4.79 Å². The van der Waals surface area contributed by atoms with Gasteiger partial charge in [-0.05, 0) is 57.6 Å². The summed E-state index contributed by atoms with van der Waals surface area (Å²) in [7, 11) is 0. The van der Waals surface area contributed by atoms with Gasteiger partial charge >= 0.3 is 6.09 Å². The summed E-state index contributed by atoms with van der Waals surface area (Å²) in [6.07, 6.45) is 2.69. The molecule has 2 atom stereocenters. The average molecular weight is 396 g/mol. The average Bonchev–Trinajstić information content (AvgIpc) is 2.90. The number of ether oxygens (including phenoxy) is 1. The zero-order chi connectivity index (χ0) is 19.1. The van der Waals surface area contributed by atoms with Gasteiger partial charge in [-0.15, -0.1) is 0 Å². The lowest BCUT2D eigenvalue weighted by molar-refractivity contribution is 0.0123. The van der Waals surface area contributed by atoms with Crippen LogP contribution in [0.15, 0.2) is 23.4 Å². The van der Waals surface area contributed by atoms with Crippen LogP contribution in [0.3, 0.4) is 0 Å². The number of carbonyl (C=O) groups excluding carboxylic acids is 1. The van der Waals surface area contributed by atoms with Gasteiger partial charge < -0.3 is 14.2 Å². The summed E-state index contributed by atoms with van der Waals surface area (Å²) in [5, 5.41) is 1.69. The van der Waals surface area contributed by atoms with Gasteiger partial charge in [-0.25, -0.2) is 9.78 Å². The molecule has 1 aliphatic heterocycles. The van der Waals surface area contributed by atoms with Crippen molar-refractivity contribution in [3.8, 4) is 0 Å². The molecule has 2 heterocycles. The van der Waals surface area contributed by atoms with Crippen LogP contribution >= 0.6 is 23.4 Å². The Hall–Kier alpha value is -1.40. The van der Waals surface area contributed by atoms with Gasteiger partial charge in [-0.3, -0.25) is 0 Å². The lowest BCUT2D eigenvalue weighted by Crippen LogP contribution is -2.45. The number of hydrogen-bond acceptors (Lipinski definition) is 4. The van der Waals surface area contributed by atoms with Gasteiger partial charge in [0.15, 0.2) is 5.16 Å². The Morgan fingerprint density at radius 2 is 2.12 bits per heavy atom. The molecule has 7 heteroatoms. The predicted molar refractivity (Wildman–Crippen MR) is 107 cm³/mol. The van der Waals surface area contributed by atoms with Gasteiger partial charge in [-0.2, -0.15) is 0 Å². The van der Waals surface area contributed by atoms with E-state index >= 15 is 0 Å². The van der Waals surface area contributed by atoms with E-state index in [1.807, 2.05) is 50.1 Å². The van der Waals surface area contributed by atoms with E-state index in [0.29, 0.717) is 30.1 Å². The molecular formula is C19H26ClN3O2S. The van der Waals surface area contributed by atoms with E-state index in [-0.39, 0.29) is 6.09 Å². The molecule has 0 spiro atoms. The maximum atomic E-state index is 12.4. The topological polar surface area (TPSA) is 47.4 Å². The van der Waals surface area contributed by atoms with E-state index in [9.17, 15) is 4.79 Å². The van der Waals surface area contributed by atoms with Crippen molar-refractivity contribution in [3.05, 3.63) is 23.2 Å². The van der Waals surface area contributed by atoms with Gasteiger partial charge in [-0.1, -0.05) is 30.3 Å². The van der Waals surface area contributed by atoms with Crippen LogP contribution in [0, 0.1) is 5.92 Å². The summed E-state index contributed by atoms with van der Waals surface area (Å²) in [5.74, 6) is 0.301. The number of imidazole rings is 1. The summed E-state index contributed by atoms with van der Waals surface area (Å²) in [6.45, 7) is 9.25. The first-order chi connectivity index (χ1) is 12.2. The third-order valence-electron chi connectivity index (χ3n) is 4.65. The number of piperidine rings is 1. The quantitative estimate of drug-likeness (QED) is 0.653. The number of halogens is 1. The minimum Gasteiger partial charge on any atom is -0.444 e. The Kier molecular flexibility index (Phi) is 5.45. The van der Waals surface area contributed by atoms with Crippen molar-refractivity contribution < 1.29 is 9.53 Å². The van der Waals surface area contributed by atoms with E-state index in [2.05, 4.69) is 11.5 Å². The van der Waals surface area contributed by atoms with Crippen LogP contribution < -0.4 is 0 Å². The molecule has 1 fully saturated rings. The Morgan fingerprint density at radius 3 is 2.73 bits per heavy atom. The van der Waals surface area contributed by atoms with E-state index in [4.69, 9.17) is 21.3 Å². The molecule has 0 unspecified atom stereocenters. The lowest BCUT2D eigenvalue weighted by Gasteiger charge is -2.38. The first-order valence-electron chi connectivity index (χ1n) is 8.89. The number of hydrogen-bond donors (Lipinski definition) is 0. The Balaban J connectivity index is 1.84. The second kappa shape index (κ2) is 7.31. The smallest absolute Gasteiger partial charge is 0.410 e. The number of amides is 1. The second-order valence-corrected chi connectivity index (χ2v) is 9.07. The van der Waals surface area contributed by atoms with E-state index in [0.717, 1.165) is 22.6 Å². The normalized spacial score (nSPS) is 21.2. The molecule has 5 nitrogen and oxygen atoms in total. The van der Waals surface area contributed by atoms with Gasteiger partial charge in [0, 0.05) is 24.2 Å². The number of thioether (sulfide) groups is 1. The highest BCUT2D eigenvalue weighted by atomic mass is 35.5. The van der Waals surface area contributed by atoms with Gasteiger partial charge in [0.1, 0.15) is 5.60 Å². The molecule has 0 bridgehead atoms. The number of nitrogens with zero attached hydrogens (tertiary/aromatic N) is 3. The number of fused-ring (bicyclic) bond motifs is 1. The number of rotatable bonds is 2. The molecule has 2 aromatic rings. The molecule has 0 saturated carbocycles. The summed E-state index contributed by atoms with van der Waals surface area (Å²) < 4.78 is 7.84. The highest BCUT2D eigenvalue weighted by Gasteiger charge is 2.33. The molecule has 0 radical (unpaired) electrons. The molecule has 1 amide bonds. The molecule has 26 heavy (non-hydrogen) atoms. The van der Waals surface area contributed by atoms with E-state index < -0.39 is 5.60 Å². The Bertz CT molecular complexity index is 815. The van der Waals surface area contributed by atoms with E-state index in [1.165, 1.54) is 0 Å². The summed E-state index contributed by atoms with van der Waals surface area (Å²) in [6, 6.07) is 6.15. The molecule has 0 N–H and O–H groups in total. The number of aromatic nitrogens is 2. The maximum Gasteiger partial charge on any atom is 0.410 e. The Labute approximate surface area is 164 Å². The van der Waals surface area contributed by atoms with Crippen LogP contribution in [-0.2, 0) is 4.74 Å². The number of carbonyl (C=O) groups is 1. The Morgan fingerprint density at radius 1 is 1.38 bits per heavy atom. The first kappa shape index (κ1) is 19.4. The monoisotopic (exact) mass is 395 g/mol. The van der Waals surface area contributed by atoms with Gasteiger partial charge in [0.2, 0.25) is 0 Å². The molecule has 1 aromatic carbocycles. The zero-order valence-electron chi connectivity index (χ0n) is 16.0. The van der Waals surface area contributed by atoms with Crippen LogP contribution in [0.25, 0.3) is 11.0 Å². The van der Waals surface area contributed by atoms with Crippen LogP contribution in [0.1, 0.15) is 40.2 Å². The fourth-order valence-corrected chi connectivity index (χ4v) is 4.31. The summed E-state index contributed by atoms with van der Waals surface area (Å²) >= 11 is 7.77. The predicted octanol–water partition coefficient (Wildman–Crippen LogP) is 5.23. The minimum atomic E-state index is -0.469. The van der Waals surface area contributed by atoms with Crippen molar-refractivity contribution in [1.29, 1.82) is 0 Å². The third-order valence-corrected chi connectivity index (χ3v) is 5.53. The standard InChI is InChI=1S/C19H26ClN3O2S/c1-12-11-22(18(24)25-19(2,3)4)9-8-15(12)23-16-7-6-13(20)10-14(16)21-17(23)26-5/h6-7,10,12,15H,8-9,11H2,1-5H3/t12-,15-/m1/s1. The zero-order valence-corrected chi connectivity index (χ0v) is 17.5. The van der Waals surface area contributed by atoms with Crippen molar-refractivity contribution in [3.63, 3.8) is 0 Å². The van der Waals surface area contributed by atoms with Crippen molar-refractivity contribution in [1.82, 2.24) is 14.5 Å². The molecule has 1 aromatic heterocycles. The summed E-state index contributed by atoms with van der Waals surface area (Å²) in [5.41, 5.74) is 1.55. The molecule has 0 aliphatic carbocycles. The SMILES string of the molecule is CSc1nc2cc(Cl)ccc2n1[C@@H]1CCN(C(=O)OC(C)(C)C)C[C@H]1C. The largest absolute Gasteiger partial charge is 0.444 e. The first-order valence-corrected chi connectivity index (χ1v) is 10.5. The third kappa shape index (κ3) is 3.96. The lowest BCUT2D eigenvalue weighted by atomic mass is 9.93. The highest BCUT2D eigenvalue weighted by Crippen LogP contribution is 2.36. The van der Waals surface area contributed by atoms with Crippen molar-refractivity contribution >= 4 is 40.5 Å². The van der Waals surface area contributed by atoms with Crippen LogP contribution in [0.5, 0.6) is 0 Å². The molecule has 1 saturated heterocycles. The van der Waals surface area contributed by atoms with Gasteiger partial charge in [0.25, 0.3) is 0 Å². The molecule has 3 rings (SSSR count). The second-order valence-electron chi connectivity index (χ2n) is 7.86. The minimum absolute atomic E-state index is 0.227. The molecular weight excluding hydrogens is 370 g/mol. The van der Waals surface area contributed by atoms with Crippen LogP contribution in [0.2, 0.25) is 5.02 Å².